The van der Waals surface area contributed by atoms with Crippen molar-refractivity contribution in [2.24, 2.45) is 0 Å². The van der Waals surface area contributed by atoms with Crippen LogP contribution in [0.1, 0.15) is 36.9 Å². The van der Waals surface area contributed by atoms with Gasteiger partial charge in [-0.1, -0.05) is 60.7 Å². The van der Waals surface area contributed by atoms with E-state index in [-0.39, 0.29) is 25.5 Å². The van der Waals surface area contributed by atoms with Gasteiger partial charge in [0.05, 0.1) is 6.04 Å². The van der Waals surface area contributed by atoms with E-state index in [2.05, 4.69) is 10.6 Å². The highest BCUT2D eigenvalue weighted by atomic mass is 16.5. The number of nitrogens with one attached hydrogen (secondary N) is 2. The van der Waals surface area contributed by atoms with Gasteiger partial charge in [-0.15, -0.1) is 0 Å². The molecule has 0 aliphatic rings. The molecule has 0 fully saturated rings. The molecule has 0 aliphatic carbocycles. The van der Waals surface area contributed by atoms with Crippen molar-refractivity contribution in [2.45, 2.75) is 38.5 Å². The van der Waals surface area contributed by atoms with Crippen molar-refractivity contribution in [3.05, 3.63) is 71.8 Å². The molecule has 2 amide bonds. The molecule has 0 spiro atoms. The fourth-order valence-electron chi connectivity index (χ4n) is 2.58. The lowest BCUT2D eigenvalue weighted by molar-refractivity contribution is -0.137. The lowest BCUT2D eigenvalue weighted by atomic mass is 10.1. The molecular weight excluding hydrogens is 360 g/mol. The molecule has 0 unspecified atom stereocenters. The van der Waals surface area contributed by atoms with E-state index in [1.807, 2.05) is 67.6 Å². The van der Waals surface area contributed by atoms with Crippen LogP contribution in [-0.2, 0) is 20.9 Å². The summed E-state index contributed by atoms with van der Waals surface area (Å²) in [5, 5.41) is 14.2. The van der Waals surface area contributed by atoms with E-state index >= 15 is 0 Å². The predicted octanol–water partition coefficient (Wildman–Crippen LogP) is 3.02. The monoisotopic (exact) mass is 384 g/mol. The summed E-state index contributed by atoms with van der Waals surface area (Å²) >= 11 is 0. The minimum absolute atomic E-state index is 0.0386. The first-order chi connectivity index (χ1) is 13.5. The first-order valence-corrected chi connectivity index (χ1v) is 9.00. The fraction of sp³-hybridized carbons (Fsp3) is 0.286. The third kappa shape index (κ3) is 7.11. The minimum Gasteiger partial charge on any atom is -0.481 e. The number of carboxylic acids is 1. The predicted molar refractivity (Wildman–Crippen MR) is 103 cm³/mol. The Hall–Kier alpha value is -3.35. The highest BCUT2D eigenvalue weighted by molar-refractivity contribution is 5.86. The third-order valence-corrected chi connectivity index (χ3v) is 4.13. The lowest BCUT2D eigenvalue weighted by Gasteiger charge is -2.21. The third-order valence-electron chi connectivity index (χ3n) is 4.13. The second-order valence-electron chi connectivity index (χ2n) is 6.33. The number of carbonyl (C=O) groups excluding carboxylic acids is 2. The number of carbonyl (C=O) groups is 3. The highest BCUT2D eigenvalue weighted by Crippen LogP contribution is 2.12. The summed E-state index contributed by atoms with van der Waals surface area (Å²) in [6.45, 7) is 1.87. The van der Waals surface area contributed by atoms with Crippen LogP contribution < -0.4 is 10.6 Å². The van der Waals surface area contributed by atoms with Crippen LogP contribution in [-0.4, -0.2) is 29.1 Å². The Bertz CT molecular complexity index is 780. The van der Waals surface area contributed by atoms with Crippen LogP contribution in [0.5, 0.6) is 0 Å². The zero-order chi connectivity index (χ0) is 20.4. The number of amides is 2. The van der Waals surface area contributed by atoms with Gasteiger partial charge in [-0.05, 0) is 24.5 Å². The average molecular weight is 384 g/mol. The van der Waals surface area contributed by atoms with Gasteiger partial charge in [-0.25, -0.2) is 4.79 Å². The highest BCUT2D eigenvalue weighted by Gasteiger charge is 2.24. The molecular formula is C21H24N2O5. The number of aliphatic carboxylic acids is 1. The Morgan fingerprint density at radius 3 is 2.18 bits per heavy atom. The molecule has 0 heterocycles. The van der Waals surface area contributed by atoms with Crippen LogP contribution in [0.3, 0.4) is 0 Å². The van der Waals surface area contributed by atoms with Gasteiger partial charge in [0.2, 0.25) is 5.91 Å². The van der Waals surface area contributed by atoms with Crippen LogP contribution in [0.4, 0.5) is 4.79 Å². The van der Waals surface area contributed by atoms with Crippen molar-refractivity contribution in [3.8, 4) is 0 Å². The smallest absolute Gasteiger partial charge is 0.408 e. The van der Waals surface area contributed by atoms with Gasteiger partial charge in [-0.2, -0.15) is 0 Å². The molecule has 2 rings (SSSR count). The Kier molecular flexibility index (Phi) is 8.02. The summed E-state index contributed by atoms with van der Waals surface area (Å²) < 4.78 is 5.13. The number of hydrogen-bond donors (Lipinski definition) is 3. The number of rotatable bonds is 9. The topological polar surface area (TPSA) is 105 Å². The summed E-state index contributed by atoms with van der Waals surface area (Å²) in [5.74, 6) is -1.51. The quantitative estimate of drug-likeness (QED) is 0.616. The zero-order valence-corrected chi connectivity index (χ0v) is 15.6. The van der Waals surface area contributed by atoms with E-state index in [9.17, 15) is 14.4 Å². The van der Waals surface area contributed by atoms with E-state index in [1.165, 1.54) is 0 Å². The maximum atomic E-state index is 12.6. The first kappa shape index (κ1) is 21.0. The van der Waals surface area contributed by atoms with E-state index in [4.69, 9.17) is 9.84 Å². The normalized spacial score (nSPS) is 12.5. The van der Waals surface area contributed by atoms with Crippen LogP contribution >= 0.6 is 0 Å². The van der Waals surface area contributed by atoms with Gasteiger partial charge >= 0.3 is 12.1 Å². The lowest BCUT2D eigenvalue weighted by Crippen LogP contribution is -2.47. The molecule has 2 aromatic carbocycles. The molecule has 7 nitrogen and oxygen atoms in total. The van der Waals surface area contributed by atoms with Crippen molar-refractivity contribution in [1.29, 1.82) is 0 Å². The number of hydrogen-bond acceptors (Lipinski definition) is 4. The van der Waals surface area contributed by atoms with Gasteiger partial charge in [0.1, 0.15) is 12.6 Å². The standard InChI is InChI=1S/C21H24N2O5/c1-15(17-10-6-3-7-11-17)22-20(26)18(12-13-19(24)25)23-21(27)28-14-16-8-4-2-5-9-16/h2-11,15,18H,12-14H2,1H3,(H,22,26)(H,23,27)(H,24,25)/t15-,18-/m0/s1. The number of benzene rings is 2. The number of ether oxygens (including phenoxy) is 1. The van der Waals surface area contributed by atoms with Crippen molar-refractivity contribution in [3.63, 3.8) is 0 Å². The van der Waals surface area contributed by atoms with Crippen LogP contribution in [0.15, 0.2) is 60.7 Å². The van der Waals surface area contributed by atoms with Gasteiger partial charge in [0.15, 0.2) is 0 Å². The Morgan fingerprint density at radius 1 is 0.964 bits per heavy atom. The number of alkyl carbamates (subject to hydrolysis) is 1. The molecule has 0 bridgehead atoms. The molecule has 0 radical (unpaired) electrons. The van der Waals surface area contributed by atoms with Crippen LogP contribution in [0.2, 0.25) is 0 Å². The molecule has 0 aromatic heterocycles. The van der Waals surface area contributed by atoms with E-state index in [0.29, 0.717) is 0 Å². The van der Waals surface area contributed by atoms with Gasteiger partial charge in [0, 0.05) is 6.42 Å². The summed E-state index contributed by atoms with van der Waals surface area (Å²) in [7, 11) is 0. The zero-order valence-electron chi connectivity index (χ0n) is 15.6. The van der Waals surface area contributed by atoms with Crippen molar-refractivity contribution < 1.29 is 24.2 Å². The van der Waals surface area contributed by atoms with Crippen LogP contribution in [0, 0.1) is 0 Å². The molecule has 0 saturated heterocycles. The molecule has 28 heavy (non-hydrogen) atoms. The van der Waals surface area contributed by atoms with E-state index < -0.39 is 24.0 Å². The molecule has 2 atom stereocenters. The van der Waals surface area contributed by atoms with Gasteiger partial charge < -0.3 is 20.5 Å². The number of carboxylic acid groups (broad SMARTS) is 1. The second kappa shape index (κ2) is 10.7. The van der Waals surface area contributed by atoms with Crippen molar-refractivity contribution >= 4 is 18.0 Å². The summed E-state index contributed by atoms with van der Waals surface area (Å²) in [6.07, 6.45) is -1.07. The SMILES string of the molecule is C[C@H](NC(=O)[C@H](CCC(=O)O)NC(=O)OCc1ccccc1)c1ccccc1. The molecule has 148 valence electrons. The summed E-state index contributed by atoms with van der Waals surface area (Å²) in [5.41, 5.74) is 1.71. The molecule has 2 aromatic rings. The first-order valence-electron chi connectivity index (χ1n) is 9.00. The Labute approximate surface area is 163 Å². The van der Waals surface area contributed by atoms with Crippen molar-refractivity contribution in [1.82, 2.24) is 10.6 Å². The Morgan fingerprint density at radius 2 is 1.57 bits per heavy atom. The fourth-order valence-corrected chi connectivity index (χ4v) is 2.58. The molecule has 0 saturated carbocycles. The maximum absolute atomic E-state index is 12.6. The van der Waals surface area contributed by atoms with Gasteiger partial charge in [-0.3, -0.25) is 9.59 Å². The molecule has 3 N–H and O–H groups in total. The molecule has 0 aliphatic heterocycles. The molecule has 7 heteroatoms. The summed E-state index contributed by atoms with van der Waals surface area (Å²) in [6, 6.07) is 17.2. The summed E-state index contributed by atoms with van der Waals surface area (Å²) in [4.78, 5) is 35.5. The minimum atomic E-state index is -1.05. The largest absolute Gasteiger partial charge is 0.481 e. The van der Waals surface area contributed by atoms with Crippen LogP contribution in [0.25, 0.3) is 0 Å². The van der Waals surface area contributed by atoms with Gasteiger partial charge in [0.25, 0.3) is 0 Å². The maximum Gasteiger partial charge on any atom is 0.408 e. The second-order valence-corrected chi connectivity index (χ2v) is 6.33. The van der Waals surface area contributed by atoms with E-state index in [1.54, 1.807) is 0 Å². The Balaban J connectivity index is 1.94. The van der Waals surface area contributed by atoms with Crippen molar-refractivity contribution in [2.75, 3.05) is 0 Å². The van der Waals surface area contributed by atoms with E-state index in [0.717, 1.165) is 11.1 Å². The average Bonchev–Trinajstić information content (AvgIpc) is 2.70.